The van der Waals surface area contributed by atoms with Crippen LogP contribution in [0.1, 0.15) is 10.4 Å². The lowest BCUT2D eigenvalue weighted by Crippen LogP contribution is -2.21. The SMILES string of the molecule is CNC(=O)c1cnn2c(NC)cc(Nc3cccn(-c4ncco4)c3=O)nc12. The average Bonchev–Trinajstić information content (AvgIpc) is 3.38. The highest BCUT2D eigenvalue weighted by atomic mass is 16.4. The first-order chi connectivity index (χ1) is 13.6. The van der Waals surface area contributed by atoms with Crippen molar-refractivity contribution in [1.29, 1.82) is 0 Å². The van der Waals surface area contributed by atoms with Gasteiger partial charge in [-0.1, -0.05) is 0 Å². The monoisotopic (exact) mass is 380 g/mol. The number of hydrogen-bond acceptors (Lipinski definition) is 8. The van der Waals surface area contributed by atoms with Gasteiger partial charge in [-0.05, 0) is 12.1 Å². The van der Waals surface area contributed by atoms with E-state index in [1.807, 2.05) is 0 Å². The second-order valence-corrected chi connectivity index (χ2v) is 5.69. The number of pyridine rings is 1. The van der Waals surface area contributed by atoms with Gasteiger partial charge in [0.15, 0.2) is 5.65 Å². The van der Waals surface area contributed by atoms with E-state index in [0.717, 1.165) is 0 Å². The highest BCUT2D eigenvalue weighted by molar-refractivity contribution is 5.99. The molecule has 0 saturated heterocycles. The topological polar surface area (TPSA) is 131 Å². The molecule has 4 aromatic heterocycles. The van der Waals surface area contributed by atoms with Crippen molar-refractivity contribution >= 4 is 28.9 Å². The minimum Gasteiger partial charge on any atom is -0.432 e. The van der Waals surface area contributed by atoms with Crippen molar-refractivity contribution in [1.82, 2.24) is 29.5 Å². The van der Waals surface area contributed by atoms with Crippen LogP contribution < -0.4 is 21.5 Å². The zero-order valence-electron chi connectivity index (χ0n) is 15.0. The van der Waals surface area contributed by atoms with E-state index in [0.29, 0.717) is 22.8 Å². The van der Waals surface area contributed by atoms with E-state index in [1.54, 1.807) is 31.4 Å². The van der Waals surface area contributed by atoms with E-state index in [2.05, 4.69) is 31.0 Å². The standard InChI is InChI=1S/C17H16N8O3/c1-18-13-8-12(23-14-10(15(26)19-2)9-21-25(13)14)22-11-4-3-6-24(16(11)27)17-20-5-7-28-17/h3-9,18H,1-2H3,(H,19,26)(H,22,23). The molecule has 4 aromatic rings. The molecule has 0 aromatic carbocycles. The van der Waals surface area contributed by atoms with Crippen LogP contribution in [0.4, 0.5) is 17.3 Å². The summed E-state index contributed by atoms with van der Waals surface area (Å²) >= 11 is 0. The van der Waals surface area contributed by atoms with Crippen molar-refractivity contribution < 1.29 is 9.21 Å². The summed E-state index contributed by atoms with van der Waals surface area (Å²) in [7, 11) is 3.25. The average molecular weight is 380 g/mol. The van der Waals surface area contributed by atoms with E-state index in [9.17, 15) is 9.59 Å². The number of carbonyl (C=O) groups excluding carboxylic acids is 1. The molecule has 3 N–H and O–H groups in total. The van der Waals surface area contributed by atoms with Crippen LogP contribution in [0.15, 0.2) is 52.3 Å². The molecule has 0 atom stereocenters. The van der Waals surface area contributed by atoms with Crippen molar-refractivity contribution in [3.8, 4) is 6.01 Å². The van der Waals surface area contributed by atoms with Crippen LogP contribution in [0, 0.1) is 0 Å². The molecule has 0 unspecified atom stereocenters. The number of hydrogen-bond donors (Lipinski definition) is 3. The molecule has 0 radical (unpaired) electrons. The summed E-state index contributed by atoms with van der Waals surface area (Å²) in [6, 6.07) is 5.13. The van der Waals surface area contributed by atoms with E-state index in [1.165, 1.54) is 34.8 Å². The minimum atomic E-state index is -0.363. The Bertz CT molecular complexity index is 1210. The predicted octanol–water partition coefficient (Wildman–Crippen LogP) is 1.01. The molecule has 0 bridgehead atoms. The normalized spacial score (nSPS) is 10.8. The Morgan fingerprint density at radius 1 is 1.29 bits per heavy atom. The first-order valence-electron chi connectivity index (χ1n) is 8.29. The maximum absolute atomic E-state index is 12.7. The second kappa shape index (κ2) is 6.87. The number of rotatable bonds is 5. The fourth-order valence-electron chi connectivity index (χ4n) is 2.71. The van der Waals surface area contributed by atoms with Gasteiger partial charge in [0.1, 0.15) is 29.1 Å². The molecule has 0 spiro atoms. The Kier molecular flexibility index (Phi) is 4.24. The van der Waals surface area contributed by atoms with Gasteiger partial charge >= 0.3 is 6.01 Å². The van der Waals surface area contributed by atoms with Crippen LogP contribution >= 0.6 is 0 Å². The van der Waals surface area contributed by atoms with Crippen molar-refractivity contribution in [3.63, 3.8) is 0 Å². The smallest absolute Gasteiger partial charge is 0.308 e. The molecule has 0 saturated carbocycles. The van der Waals surface area contributed by atoms with Gasteiger partial charge in [0, 0.05) is 26.4 Å². The Morgan fingerprint density at radius 2 is 2.14 bits per heavy atom. The summed E-state index contributed by atoms with van der Waals surface area (Å²) < 4.78 is 7.96. The summed E-state index contributed by atoms with van der Waals surface area (Å²) in [5.74, 6) is 0.643. The molecular weight excluding hydrogens is 364 g/mol. The maximum atomic E-state index is 12.7. The summed E-state index contributed by atoms with van der Waals surface area (Å²) in [6.45, 7) is 0. The molecule has 0 aliphatic carbocycles. The quantitative estimate of drug-likeness (QED) is 0.467. The number of fused-ring (bicyclic) bond motifs is 1. The molecule has 0 fully saturated rings. The largest absolute Gasteiger partial charge is 0.432 e. The predicted molar refractivity (Wildman–Crippen MR) is 101 cm³/mol. The summed E-state index contributed by atoms with van der Waals surface area (Å²) in [5.41, 5.74) is 0.559. The summed E-state index contributed by atoms with van der Waals surface area (Å²) in [5, 5.41) is 12.7. The van der Waals surface area contributed by atoms with Crippen LogP contribution in [0.2, 0.25) is 0 Å². The lowest BCUT2D eigenvalue weighted by molar-refractivity contribution is 0.0964. The lowest BCUT2D eigenvalue weighted by atomic mass is 10.3. The van der Waals surface area contributed by atoms with Gasteiger partial charge < -0.3 is 20.4 Å². The van der Waals surface area contributed by atoms with Crippen LogP contribution in [0.3, 0.4) is 0 Å². The number of nitrogens with one attached hydrogen (secondary N) is 3. The summed E-state index contributed by atoms with van der Waals surface area (Å²) in [6.07, 6.45) is 5.83. The first kappa shape index (κ1) is 17.3. The molecule has 28 heavy (non-hydrogen) atoms. The number of carbonyl (C=O) groups is 1. The molecule has 4 rings (SSSR count). The molecule has 1 amide bonds. The summed E-state index contributed by atoms with van der Waals surface area (Å²) in [4.78, 5) is 33.2. The van der Waals surface area contributed by atoms with Crippen LogP contribution in [-0.2, 0) is 0 Å². The number of aromatic nitrogens is 5. The van der Waals surface area contributed by atoms with Crippen molar-refractivity contribution in [2.45, 2.75) is 0 Å². The zero-order chi connectivity index (χ0) is 19.7. The maximum Gasteiger partial charge on any atom is 0.308 e. The molecule has 142 valence electrons. The lowest BCUT2D eigenvalue weighted by Gasteiger charge is -2.10. The van der Waals surface area contributed by atoms with Crippen molar-refractivity contribution in [2.24, 2.45) is 0 Å². The molecule has 11 nitrogen and oxygen atoms in total. The molecular formula is C17H16N8O3. The van der Waals surface area contributed by atoms with E-state index >= 15 is 0 Å². The highest BCUT2D eigenvalue weighted by Crippen LogP contribution is 2.20. The number of oxazole rings is 1. The highest BCUT2D eigenvalue weighted by Gasteiger charge is 2.17. The van der Waals surface area contributed by atoms with Gasteiger partial charge in [-0.3, -0.25) is 9.59 Å². The number of nitrogens with zero attached hydrogens (tertiary/aromatic N) is 5. The van der Waals surface area contributed by atoms with Crippen molar-refractivity contribution in [3.05, 3.63) is 59.0 Å². The molecule has 11 heteroatoms. The van der Waals surface area contributed by atoms with Crippen LogP contribution in [0.25, 0.3) is 11.7 Å². The number of anilines is 3. The van der Waals surface area contributed by atoms with Gasteiger partial charge in [-0.25, -0.2) is 14.5 Å². The first-order valence-corrected chi connectivity index (χ1v) is 8.29. The minimum absolute atomic E-state index is 0.158. The molecule has 0 aliphatic heterocycles. The van der Waals surface area contributed by atoms with Crippen molar-refractivity contribution in [2.75, 3.05) is 24.7 Å². The van der Waals surface area contributed by atoms with E-state index in [4.69, 9.17) is 4.42 Å². The second-order valence-electron chi connectivity index (χ2n) is 5.69. The van der Waals surface area contributed by atoms with Gasteiger partial charge in [0.05, 0.1) is 12.4 Å². The number of amides is 1. The molecule has 4 heterocycles. The van der Waals surface area contributed by atoms with E-state index in [-0.39, 0.29) is 23.2 Å². The Hall–Kier alpha value is -4.15. The fourth-order valence-corrected chi connectivity index (χ4v) is 2.71. The van der Waals surface area contributed by atoms with Gasteiger partial charge in [-0.2, -0.15) is 9.61 Å². The van der Waals surface area contributed by atoms with Gasteiger partial charge in [0.2, 0.25) is 0 Å². The third-order valence-electron chi connectivity index (χ3n) is 4.03. The van der Waals surface area contributed by atoms with Gasteiger partial charge in [-0.15, -0.1) is 0 Å². The molecule has 0 aliphatic rings. The third kappa shape index (κ3) is 2.84. The van der Waals surface area contributed by atoms with E-state index < -0.39 is 0 Å². The zero-order valence-corrected chi connectivity index (χ0v) is 15.0. The van der Waals surface area contributed by atoms with Crippen LogP contribution in [0.5, 0.6) is 0 Å². The fraction of sp³-hybridized carbons (Fsp3) is 0.118. The third-order valence-corrected chi connectivity index (χ3v) is 4.03. The Labute approximate surface area is 158 Å². The Morgan fingerprint density at radius 3 is 2.86 bits per heavy atom. The van der Waals surface area contributed by atoms with Gasteiger partial charge in [0.25, 0.3) is 11.5 Å². The Balaban J connectivity index is 1.79. The van der Waals surface area contributed by atoms with Crippen LogP contribution in [-0.4, -0.2) is 44.2 Å².